The van der Waals surface area contributed by atoms with Gasteiger partial charge < -0.3 is 0 Å². The number of nitrogens with zero attached hydrogens (tertiary/aromatic N) is 3. The second kappa shape index (κ2) is 3.34. The van der Waals surface area contributed by atoms with E-state index >= 15 is 0 Å². The van der Waals surface area contributed by atoms with Gasteiger partial charge in [-0.15, -0.1) is 0 Å². The summed E-state index contributed by atoms with van der Waals surface area (Å²) in [5.41, 5.74) is 0. The van der Waals surface area contributed by atoms with Crippen LogP contribution in [0, 0.1) is 5.92 Å². The fourth-order valence-electron chi connectivity index (χ4n) is 0.867. The van der Waals surface area contributed by atoms with E-state index in [1.807, 2.05) is 7.05 Å². The molecular weight excluding hydrogens is 206 g/mol. The van der Waals surface area contributed by atoms with Crippen molar-refractivity contribution < 1.29 is 0 Å². The Morgan fingerprint density at radius 1 is 1.55 bits per heavy atom. The van der Waals surface area contributed by atoms with Crippen LogP contribution in [-0.4, -0.2) is 14.8 Å². The highest BCUT2D eigenvalue weighted by atomic mass is 79.9. The van der Waals surface area contributed by atoms with Crippen LogP contribution in [0.25, 0.3) is 0 Å². The number of hydrogen-bond donors (Lipinski definition) is 0. The zero-order valence-electron chi connectivity index (χ0n) is 7.00. The molecule has 0 spiro atoms. The predicted molar refractivity (Wildman–Crippen MR) is 47.2 cm³/mol. The molecular formula is C7H12BrN3. The number of aryl methyl sites for hydroxylation is 1. The molecule has 62 valence electrons. The molecule has 0 atom stereocenters. The highest BCUT2D eigenvalue weighted by Gasteiger charge is 2.05. The summed E-state index contributed by atoms with van der Waals surface area (Å²) in [5, 5.41) is 4.21. The van der Waals surface area contributed by atoms with Gasteiger partial charge in [-0.05, 0) is 21.8 Å². The van der Waals surface area contributed by atoms with Crippen LogP contribution in [0.15, 0.2) is 4.73 Å². The third-order valence-electron chi connectivity index (χ3n) is 1.34. The van der Waals surface area contributed by atoms with Crippen LogP contribution in [0.4, 0.5) is 0 Å². The molecule has 0 radical (unpaired) electrons. The van der Waals surface area contributed by atoms with E-state index in [9.17, 15) is 0 Å². The van der Waals surface area contributed by atoms with Gasteiger partial charge in [0.2, 0.25) is 0 Å². The van der Waals surface area contributed by atoms with E-state index in [1.165, 1.54) is 0 Å². The maximum atomic E-state index is 4.22. The Kier molecular flexibility index (Phi) is 2.65. The Hall–Kier alpha value is -0.380. The SMILES string of the molecule is CC(C)Cc1nc(Br)n(C)n1. The fourth-order valence-corrected chi connectivity index (χ4v) is 1.15. The van der Waals surface area contributed by atoms with Crippen molar-refractivity contribution in [3.8, 4) is 0 Å². The lowest BCUT2D eigenvalue weighted by atomic mass is 10.1. The lowest BCUT2D eigenvalue weighted by molar-refractivity contribution is 0.612. The maximum Gasteiger partial charge on any atom is 0.195 e. The Bertz CT molecular complexity index is 222. The first-order chi connectivity index (χ1) is 5.09. The van der Waals surface area contributed by atoms with E-state index in [0.717, 1.165) is 17.0 Å². The summed E-state index contributed by atoms with van der Waals surface area (Å²) < 4.78 is 2.53. The lowest BCUT2D eigenvalue weighted by Gasteiger charge is -1.96. The minimum Gasteiger partial charge on any atom is -0.243 e. The molecule has 0 saturated heterocycles. The van der Waals surface area contributed by atoms with Gasteiger partial charge in [-0.3, -0.25) is 0 Å². The second-order valence-corrected chi connectivity index (χ2v) is 3.73. The molecule has 0 aliphatic carbocycles. The topological polar surface area (TPSA) is 30.7 Å². The molecule has 3 nitrogen and oxygen atoms in total. The minimum atomic E-state index is 0.615. The van der Waals surface area contributed by atoms with E-state index in [-0.39, 0.29) is 0 Å². The van der Waals surface area contributed by atoms with E-state index in [4.69, 9.17) is 0 Å². The molecule has 0 unspecified atom stereocenters. The lowest BCUT2D eigenvalue weighted by Crippen LogP contribution is -1.97. The smallest absolute Gasteiger partial charge is 0.195 e. The van der Waals surface area contributed by atoms with Gasteiger partial charge in [0.05, 0.1) is 0 Å². The van der Waals surface area contributed by atoms with Crippen molar-refractivity contribution in [2.45, 2.75) is 20.3 Å². The molecule has 1 aromatic rings. The molecule has 0 aromatic carbocycles. The maximum absolute atomic E-state index is 4.22. The highest BCUT2D eigenvalue weighted by Crippen LogP contribution is 2.08. The molecule has 11 heavy (non-hydrogen) atoms. The van der Waals surface area contributed by atoms with Crippen molar-refractivity contribution in [2.24, 2.45) is 13.0 Å². The van der Waals surface area contributed by atoms with Gasteiger partial charge in [0.25, 0.3) is 0 Å². The van der Waals surface area contributed by atoms with Gasteiger partial charge in [-0.1, -0.05) is 13.8 Å². The van der Waals surface area contributed by atoms with E-state index < -0.39 is 0 Å². The van der Waals surface area contributed by atoms with Crippen LogP contribution in [0.5, 0.6) is 0 Å². The van der Waals surface area contributed by atoms with Crippen molar-refractivity contribution in [3.63, 3.8) is 0 Å². The van der Waals surface area contributed by atoms with Crippen LogP contribution in [-0.2, 0) is 13.5 Å². The van der Waals surface area contributed by atoms with Crippen molar-refractivity contribution in [1.29, 1.82) is 0 Å². The fraction of sp³-hybridized carbons (Fsp3) is 0.714. The molecule has 0 aliphatic rings. The molecule has 0 amide bonds. The molecule has 0 saturated carbocycles. The molecule has 0 fully saturated rings. The van der Waals surface area contributed by atoms with Crippen molar-refractivity contribution in [1.82, 2.24) is 14.8 Å². The Morgan fingerprint density at radius 2 is 2.18 bits per heavy atom. The van der Waals surface area contributed by atoms with Crippen molar-refractivity contribution in [2.75, 3.05) is 0 Å². The third kappa shape index (κ3) is 2.29. The quantitative estimate of drug-likeness (QED) is 0.757. The van der Waals surface area contributed by atoms with Crippen LogP contribution < -0.4 is 0 Å². The standard InChI is InChI=1S/C7H12BrN3/c1-5(2)4-6-9-7(8)11(3)10-6/h5H,4H2,1-3H3. The van der Waals surface area contributed by atoms with Crippen molar-refractivity contribution >= 4 is 15.9 Å². The van der Waals surface area contributed by atoms with E-state index in [1.54, 1.807) is 4.68 Å². The number of aromatic nitrogens is 3. The van der Waals surface area contributed by atoms with Gasteiger partial charge in [-0.2, -0.15) is 5.10 Å². The van der Waals surface area contributed by atoms with Crippen LogP contribution >= 0.6 is 15.9 Å². The zero-order chi connectivity index (χ0) is 8.43. The van der Waals surface area contributed by atoms with E-state index in [0.29, 0.717) is 5.92 Å². The zero-order valence-corrected chi connectivity index (χ0v) is 8.59. The first-order valence-electron chi connectivity index (χ1n) is 3.65. The molecule has 1 aromatic heterocycles. The van der Waals surface area contributed by atoms with Gasteiger partial charge >= 0.3 is 0 Å². The summed E-state index contributed by atoms with van der Waals surface area (Å²) in [5.74, 6) is 1.53. The molecule has 1 rings (SSSR count). The van der Waals surface area contributed by atoms with Gasteiger partial charge in [-0.25, -0.2) is 9.67 Å². The largest absolute Gasteiger partial charge is 0.243 e. The average molecular weight is 218 g/mol. The molecule has 4 heteroatoms. The monoisotopic (exact) mass is 217 g/mol. The Morgan fingerprint density at radius 3 is 2.55 bits per heavy atom. The number of halogens is 1. The van der Waals surface area contributed by atoms with Gasteiger partial charge in [0.1, 0.15) is 0 Å². The van der Waals surface area contributed by atoms with Crippen LogP contribution in [0.3, 0.4) is 0 Å². The molecule has 1 heterocycles. The number of hydrogen-bond acceptors (Lipinski definition) is 2. The molecule has 0 aliphatic heterocycles. The molecule has 0 bridgehead atoms. The third-order valence-corrected chi connectivity index (χ3v) is 2.04. The average Bonchev–Trinajstić information content (AvgIpc) is 2.10. The van der Waals surface area contributed by atoms with Gasteiger partial charge in [0, 0.05) is 13.5 Å². The van der Waals surface area contributed by atoms with Gasteiger partial charge in [0.15, 0.2) is 10.6 Å². The first-order valence-corrected chi connectivity index (χ1v) is 4.44. The molecule has 0 N–H and O–H groups in total. The highest BCUT2D eigenvalue weighted by molar-refractivity contribution is 9.10. The van der Waals surface area contributed by atoms with Crippen molar-refractivity contribution in [3.05, 3.63) is 10.6 Å². The minimum absolute atomic E-state index is 0.615. The summed E-state index contributed by atoms with van der Waals surface area (Å²) in [6.45, 7) is 4.31. The first kappa shape index (κ1) is 8.71. The second-order valence-electron chi connectivity index (χ2n) is 3.02. The van der Waals surface area contributed by atoms with E-state index in [2.05, 4.69) is 39.9 Å². The summed E-state index contributed by atoms with van der Waals surface area (Å²) in [4.78, 5) is 4.22. The Balaban J connectivity index is 2.73. The summed E-state index contributed by atoms with van der Waals surface area (Å²) in [6, 6.07) is 0. The summed E-state index contributed by atoms with van der Waals surface area (Å²) in [7, 11) is 1.88. The summed E-state index contributed by atoms with van der Waals surface area (Å²) >= 11 is 3.30. The van der Waals surface area contributed by atoms with Crippen LogP contribution in [0.1, 0.15) is 19.7 Å². The summed E-state index contributed by atoms with van der Waals surface area (Å²) in [6.07, 6.45) is 0.944. The Labute approximate surface area is 75.0 Å². The predicted octanol–water partition coefficient (Wildman–Crippen LogP) is 1.78. The normalized spacial score (nSPS) is 11.0. The number of rotatable bonds is 2. The van der Waals surface area contributed by atoms with Crippen LogP contribution in [0.2, 0.25) is 0 Å².